The molecule has 0 heterocycles. The van der Waals surface area contributed by atoms with Gasteiger partial charge in [-0.05, 0) is 31.6 Å². The molecule has 124 valence electrons. The average Bonchev–Trinajstić information content (AvgIpc) is 2.42. The van der Waals surface area contributed by atoms with Crippen LogP contribution in [0.1, 0.15) is 40.0 Å². The minimum Gasteiger partial charge on any atom is -0.465 e. The van der Waals surface area contributed by atoms with E-state index in [9.17, 15) is 19.8 Å². The van der Waals surface area contributed by atoms with E-state index in [2.05, 4.69) is 0 Å². The first-order valence-electron chi connectivity index (χ1n) is 8.03. The van der Waals surface area contributed by atoms with E-state index in [4.69, 9.17) is 4.74 Å². The van der Waals surface area contributed by atoms with Gasteiger partial charge < -0.3 is 14.9 Å². The van der Waals surface area contributed by atoms with Crippen LogP contribution in [0.4, 0.5) is 0 Å². The average molecular weight is 310 g/mol. The van der Waals surface area contributed by atoms with E-state index in [1.165, 1.54) is 6.92 Å². The van der Waals surface area contributed by atoms with Crippen LogP contribution in [-0.4, -0.2) is 40.8 Å². The molecule has 0 aromatic carbocycles. The Morgan fingerprint density at radius 1 is 1.32 bits per heavy atom. The Morgan fingerprint density at radius 2 is 2.00 bits per heavy atom. The van der Waals surface area contributed by atoms with Gasteiger partial charge in [-0.25, -0.2) is 0 Å². The van der Waals surface area contributed by atoms with Crippen LogP contribution in [0, 0.1) is 23.7 Å². The summed E-state index contributed by atoms with van der Waals surface area (Å²) in [6.45, 7) is 5.26. The van der Waals surface area contributed by atoms with Crippen molar-refractivity contribution in [3.05, 3.63) is 11.6 Å². The van der Waals surface area contributed by atoms with Gasteiger partial charge in [0.05, 0.1) is 18.8 Å². The zero-order valence-electron chi connectivity index (χ0n) is 13.5. The molecule has 0 aromatic rings. The van der Waals surface area contributed by atoms with E-state index in [-0.39, 0.29) is 48.5 Å². The van der Waals surface area contributed by atoms with Crippen molar-refractivity contribution in [3.63, 3.8) is 0 Å². The molecular weight excluding hydrogens is 284 g/mol. The molecule has 5 heteroatoms. The number of ether oxygens (including phenoxy) is 1. The van der Waals surface area contributed by atoms with Crippen molar-refractivity contribution in [1.29, 1.82) is 0 Å². The maximum absolute atomic E-state index is 12.5. The van der Waals surface area contributed by atoms with Gasteiger partial charge in [0.15, 0.2) is 0 Å². The Morgan fingerprint density at radius 3 is 2.64 bits per heavy atom. The smallest absolute Gasteiger partial charge is 0.302 e. The Bertz CT molecular complexity index is 470. The van der Waals surface area contributed by atoms with E-state index in [1.54, 1.807) is 6.08 Å². The molecule has 6 atom stereocenters. The number of hydrogen-bond acceptors (Lipinski definition) is 5. The molecule has 0 bridgehead atoms. The van der Waals surface area contributed by atoms with Gasteiger partial charge in [0, 0.05) is 25.2 Å². The van der Waals surface area contributed by atoms with Crippen molar-refractivity contribution in [2.24, 2.45) is 23.7 Å². The fourth-order valence-electron chi connectivity index (χ4n) is 4.06. The van der Waals surface area contributed by atoms with Gasteiger partial charge in [-0.3, -0.25) is 9.59 Å². The third-order valence-electron chi connectivity index (χ3n) is 5.17. The lowest BCUT2D eigenvalue weighted by Gasteiger charge is -2.47. The molecule has 0 aliphatic heterocycles. The second-order valence-electron chi connectivity index (χ2n) is 6.72. The molecule has 0 amide bonds. The molecule has 22 heavy (non-hydrogen) atoms. The Labute approximate surface area is 131 Å². The van der Waals surface area contributed by atoms with Crippen LogP contribution >= 0.6 is 0 Å². The van der Waals surface area contributed by atoms with E-state index in [0.717, 1.165) is 18.4 Å². The second kappa shape index (κ2) is 6.92. The molecular formula is C17H26O5. The number of aliphatic hydroxyl groups excluding tert-OH is 2. The highest BCUT2D eigenvalue weighted by Crippen LogP contribution is 2.46. The summed E-state index contributed by atoms with van der Waals surface area (Å²) in [6, 6.07) is 0. The third kappa shape index (κ3) is 3.41. The summed E-state index contributed by atoms with van der Waals surface area (Å²) >= 11 is 0. The molecule has 0 aromatic heterocycles. The Kier molecular flexibility index (Phi) is 5.40. The fraction of sp³-hybridized carbons (Fsp3) is 0.765. The van der Waals surface area contributed by atoms with Gasteiger partial charge in [-0.15, -0.1) is 0 Å². The van der Waals surface area contributed by atoms with Gasteiger partial charge in [-0.2, -0.15) is 0 Å². The minimum atomic E-state index is -0.694. The molecule has 2 aliphatic rings. The fourth-order valence-corrected chi connectivity index (χ4v) is 4.06. The number of ketones is 1. The number of fused-ring (bicyclic) bond motifs is 1. The number of carbonyl (C=O) groups is 2. The van der Waals surface area contributed by atoms with Gasteiger partial charge in [-0.1, -0.05) is 18.6 Å². The first kappa shape index (κ1) is 17.2. The standard InChI is InChI=1S/C17H26O5/c1-9-4-5-12-15(13(19)6-7-22-11(3)18)10(2)8-14(20)16(12)17(9)21/h8-9,12,14-17,20-21H,4-7H2,1-3H3/t9-,12+,14+,15-,16-,17+/m0/s1. The van der Waals surface area contributed by atoms with Crippen LogP contribution in [-0.2, 0) is 14.3 Å². The molecule has 5 nitrogen and oxygen atoms in total. The lowest BCUT2D eigenvalue weighted by atomic mass is 9.60. The van der Waals surface area contributed by atoms with Crippen molar-refractivity contribution in [3.8, 4) is 0 Å². The summed E-state index contributed by atoms with van der Waals surface area (Å²) < 4.78 is 4.86. The first-order chi connectivity index (χ1) is 10.3. The first-order valence-corrected chi connectivity index (χ1v) is 8.03. The summed E-state index contributed by atoms with van der Waals surface area (Å²) in [5.74, 6) is -0.825. The van der Waals surface area contributed by atoms with E-state index >= 15 is 0 Å². The van der Waals surface area contributed by atoms with Gasteiger partial charge in [0.2, 0.25) is 0 Å². The number of esters is 1. The number of rotatable bonds is 4. The van der Waals surface area contributed by atoms with Crippen LogP contribution in [0.2, 0.25) is 0 Å². The summed E-state index contributed by atoms with van der Waals surface area (Å²) in [5.41, 5.74) is 0.864. The summed E-state index contributed by atoms with van der Waals surface area (Å²) in [4.78, 5) is 23.3. The predicted molar refractivity (Wildman–Crippen MR) is 80.9 cm³/mol. The number of aliphatic hydroxyl groups is 2. The van der Waals surface area contributed by atoms with Gasteiger partial charge >= 0.3 is 5.97 Å². The summed E-state index contributed by atoms with van der Waals surface area (Å²) in [5, 5.41) is 20.7. The monoisotopic (exact) mass is 310 g/mol. The molecule has 2 N–H and O–H groups in total. The maximum Gasteiger partial charge on any atom is 0.302 e. The summed E-state index contributed by atoms with van der Waals surface area (Å²) in [6.07, 6.45) is 2.30. The zero-order valence-corrected chi connectivity index (χ0v) is 13.5. The van der Waals surface area contributed by atoms with E-state index in [0.29, 0.717) is 0 Å². The zero-order chi connectivity index (χ0) is 16.4. The van der Waals surface area contributed by atoms with Crippen molar-refractivity contribution in [1.82, 2.24) is 0 Å². The molecule has 0 saturated heterocycles. The van der Waals surface area contributed by atoms with Crippen LogP contribution in [0.5, 0.6) is 0 Å². The van der Waals surface area contributed by atoms with Crippen molar-refractivity contribution >= 4 is 11.8 Å². The van der Waals surface area contributed by atoms with Gasteiger partial charge in [0.25, 0.3) is 0 Å². The van der Waals surface area contributed by atoms with Crippen molar-refractivity contribution < 1.29 is 24.5 Å². The van der Waals surface area contributed by atoms with E-state index < -0.39 is 12.2 Å². The number of carbonyl (C=O) groups excluding carboxylic acids is 2. The van der Waals surface area contributed by atoms with Crippen molar-refractivity contribution in [2.75, 3.05) is 6.61 Å². The molecule has 0 unspecified atom stereocenters. The highest BCUT2D eigenvalue weighted by molar-refractivity contribution is 5.84. The molecule has 2 aliphatic carbocycles. The SMILES string of the molecule is CC(=O)OCCC(=O)[C@H]1C(C)=C[C@@H](O)[C@H]2[C@H](O)[C@@H](C)CC[C@H]12. The lowest BCUT2D eigenvalue weighted by molar-refractivity contribution is -0.142. The van der Waals surface area contributed by atoms with Crippen LogP contribution < -0.4 is 0 Å². The second-order valence-corrected chi connectivity index (χ2v) is 6.72. The van der Waals surface area contributed by atoms with Gasteiger partial charge in [0.1, 0.15) is 5.78 Å². The summed E-state index contributed by atoms with van der Waals surface area (Å²) in [7, 11) is 0. The molecule has 1 fully saturated rings. The topological polar surface area (TPSA) is 83.8 Å². The van der Waals surface area contributed by atoms with E-state index in [1.807, 2.05) is 13.8 Å². The van der Waals surface area contributed by atoms with Crippen molar-refractivity contribution in [2.45, 2.75) is 52.2 Å². The minimum absolute atomic E-state index is 0.0265. The predicted octanol–water partition coefficient (Wildman–Crippen LogP) is 1.47. The van der Waals surface area contributed by atoms with Crippen LogP contribution in [0.15, 0.2) is 11.6 Å². The number of allylic oxidation sites excluding steroid dienone is 1. The quantitative estimate of drug-likeness (QED) is 0.607. The number of Topliss-reactive ketones (excluding diaryl/α,β-unsaturated/α-hetero) is 1. The molecule has 1 saturated carbocycles. The highest BCUT2D eigenvalue weighted by atomic mass is 16.5. The number of hydrogen-bond donors (Lipinski definition) is 2. The molecule has 0 radical (unpaired) electrons. The Hall–Kier alpha value is -1.20. The third-order valence-corrected chi connectivity index (χ3v) is 5.17. The maximum atomic E-state index is 12.5. The molecule has 0 spiro atoms. The van der Waals surface area contributed by atoms with Crippen LogP contribution in [0.3, 0.4) is 0 Å². The lowest BCUT2D eigenvalue weighted by Crippen LogP contribution is -2.50. The highest BCUT2D eigenvalue weighted by Gasteiger charge is 2.47. The Balaban J connectivity index is 2.14. The largest absolute Gasteiger partial charge is 0.465 e. The van der Waals surface area contributed by atoms with Crippen LogP contribution in [0.25, 0.3) is 0 Å². The normalized spacial score (nSPS) is 38.0. The molecule has 2 rings (SSSR count).